The highest BCUT2D eigenvalue weighted by Crippen LogP contribution is 2.25. The molecule has 1 fully saturated rings. The molecule has 1 aromatic carbocycles. The van der Waals surface area contributed by atoms with Crippen LogP contribution in [0.1, 0.15) is 38.7 Å². The summed E-state index contributed by atoms with van der Waals surface area (Å²) in [7, 11) is -1.37. The number of nitrogens with zero attached hydrogens (tertiary/aromatic N) is 1. The van der Waals surface area contributed by atoms with Crippen molar-refractivity contribution in [2.45, 2.75) is 39.7 Å². The van der Waals surface area contributed by atoms with Crippen LogP contribution < -0.4 is 5.46 Å². The first kappa shape index (κ1) is 15.6. The molecule has 0 aliphatic carbocycles. The Kier molecular flexibility index (Phi) is 5.64. The summed E-state index contributed by atoms with van der Waals surface area (Å²) in [6.45, 7) is 7.86. The average Bonchev–Trinajstić information content (AvgIpc) is 2.65. The molecular weight excluding hydrogens is 249 g/mol. The van der Waals surface area contributed by atoms with E-state index in [1.807, 2.05) is 12.1 Å². The van der Waals surface area contributed by atoms with Gasteiger partial charge in [-0.25, -0.2) is 0 Å². The Morgan fingerprint density at radius 2 is 2.05 bits per heavy atom. The molecule has 2 rings (SSSR count). The zero-order chi connectivity index (χ0) is 14.5. The third kappa shape index (κ3) is 4.34. The van der Waals surface area contributed by atoms with Crippen LogP contribution in [0.3, 0.4) is 0 Å². The zero-order valence-corrected chi connectivity index (χ0v) is 12.6. The van der Waals surface area contributed by atoms with Gasteiger partial charge in [0, 0.05) is 6.54 Å². The Morgan fingerprint density at radius 1 is 1.25 bits per heavy atom. The van der Waals surface area contributed by atoms with Crippen molar-refractivity contribution in [3.05, 3.63) is 29.8 Å². The van der Waals surface area contributed by atoms with E-state index in [2.05, 4.69) is 24.8 Å². The lowest BCUT2D eigenvalue weighted by molar-refractivity contribution is 0.265. The molecule has 4 heteroatoms. The lowest BCUT2D eigenvalue weighted by atomic mass is 9.79. The van der Waals surface area contributed by atoms with Gasteiger partial charge in [0.15, 0.2) is 0 Å². The lowest BCUT2D eigenvalue weighted by Crippen LogP contribution is -2.31. The smallest absolute Gasteiger partial charge is 0.423 e. The van der Waals surface area contributed by atoms with Gasteiger partial charge >= 0.3 is 7.12 Å². The fourth-order valence-electron chi connectivity index (χ4n) is 3.12. The fourth-order valence-corrected chi connectivity index (χ4v) is 3.12. The van der Waals surface area contributed by atoms with E-state index in [-0.39, 0.29) is 0 Å². The van der Waals surface area contributed by atoms with E-state index in [0.717, 1.165) is 31.5 Å². The molecule has 0 saturated carbocycles. The molecule has 1 aliphatic rings. The summed E-state index contributed by atoms with van der Waals surface area (Å²) >= 11 is 0. The van der Waals surface area contributed by atoms with E-state index < -0.39 is 7.12 Å². The monoisotopic (exact) mass is 275 g/mol. The van der Waals surface area contributed by atoms with Gasteiger partial charge in [-0.05, 0) is 55.2 Å². The minimum atomic E-state index is -1.37. The number of hydrogen-bond donors (Lipinski definition) is 2. The maximum absolute atomic E-state index is 9.24. The molecule has 0 aromatic heterocycles. The molecule has 0 amide bonds. The van der Waals surface area contributed by atoms with Gasteiger partial charge < -0.3 is 10.0 Å². The molecule has 1 heterocycles. The van der Waals surface area contributed by atoms with Gasteiger partial charge in [0.1, 0.15) is 0 Å². The van der Waals surface area contributed by atoms with Crippen LogP contribution >= 0.6 is 0 Å². The van der Waals surface area contributed by atoms with E-state index >= 15 is 0 Å². The highest BCUT2D eigenvalue weighted by Gasteiger charge is 2.19. The second-order valence-electron chi connectivity index (χ2n) is 6.33. The first-order valence-corrected chi connectivity index (χ1v) is 7.73. The second kappa shape index (κ2) is 7.25. The largest absolute Gasteiger partial charge is 0.488 e. The van der Waals surface area contributed by atoms with Gasteiger partial charge in [0.25, 0.3) is 0 Å². The molecule has 1 aromatic rings. The summed E-state index contributed by atoms with van der Waals surface area (Å²) in [6, 6.07) is 7.62. The summed E-state index contributed by atoms with van der Waals surface area (Å²) in [5, 5.41) is 18.5. The minimum absolute atomic E-state index is 0.581. The van der Waals surface area contributed by atoms with Crippen molar-refractivity contribution in [3.63, 3.8) is 0 Å². The van der Waals surface area contributed by atoms with Crippen LogP contribution in [0.4, 0.5) is 0 Å². The van der Waals surface area contributed by atoms with Gasteiger partial charge in [-0.2, -0.15) is 0 Å². The van der Waals surface area contributed by atoms with Crippen molar-refractivity contribution in [2.75, 3.05) is 13.1 Å². The number of hydrogen-bond acceptors (Lipinski definition) is 3. The predicted octanol–water partition coefficient (Wildman–Crippen LogP) is 1.62. The van der Waals surface area contributed by atoms with Gasteiger partial charge in [-0.15, -0.1) is 0 Å². The number of likely N-dealkylation sites (tertiary alicyclic amines) is 1. The van der Waals surface area contributed by atoms with Gasteiger partial charge in [0.2, 0.25) is 0 Å². The second-order valence-corrected chi connectivity index (χ2v) is 6.33. The molecule has 2 N–H and O–H groups in total. The minimum Gasteiger partial charge on any atom is -0.423 e. The number of benzene rings is 1. The summed E-state index contributed by atoms with van der Waals surface area (Å²) in [6.07, 6.45) is 3.88. The maximum atomic E-state index is 9.24. The Morgan fingerprint density at radius 3 is 2.75 bits per heavy atom. The molecule has 1 saturated heterocycles. The van der Waals surface area contributed by atoms with Crippen molar-refractivity contribution in [1.29, 1.82) is 0 Å². The Balaban J connectivity index is 1.94. The third-order valence-electron chi connectivity index (χ3n) is 4.46. The molecular formula is C16H26BNO2. The molecule has 1 aliphatic heterocycles. The average molecular weight is 275 g/mol. The molecule has 110 valence electrons. The van der Waals surface area contributed by atoms with Crippen LogP contribution in [0, 0.1) is 11.8 Å². The fraction of sp³-hybridized carbons (Fsp3) is 0.625. The maximum Gasteiger partial charge on any atom is 0.488 e. The summed E-state index contributed by atoms with van der Waals surface area (Å²) < 4.78 is 0. The molecule has 20 heavy (non-hydrogen) atoms. The number of rotatable bonds is 4. The van der Waals surface area contributed by atoms with Crippen molar-refractivity contribution in [2.24, 2.45) is 11.8 Å². The zero-order valence-electron chi connectivity index (χ0n) is 12.6. The first-order chi connectivity index (χ1) is 9.56. The summed E-state index contributed by atoms with van der Waals surface area (Å²) in [5.74, 6) is 1.63. The highest BCUT2D eigenvalue weighted by atomic mass is 16.4. The van der Waals surface area contributed by atoms with Crippen molar-refractivity contribution in [3.8, 4) is 0 Å². The Bertz CT molecular complexity index is 423. The van der Waals surface area contributed by atoms with Crippen LogP contribution in [0.2, 0.25) is 0 Å². The van der Waals surface area contributed by atoms with E-state index in [0.29, 0.717) is 5.46 Å². The SMILES string of the molecule is CC(C)C1CCCN(Cc2cccc(B(O)O)c2)CC1. The molecule has 1 atom stereocenters. The molecule has 3 nitrogen and oxygen atoms in total. The molecule has 1 unspecified atom stereocenters. The normalized spacial score (nSPS) is 20.9. The van der Waals surface area contributed by atoms with Crippen LogP contribution in [0.15, 0.2) is 24.3 Å². The third-order valence-corrected chi connectivity index (χ3v) is 4.46. The van der Waals surface area contributed by atoms with Crippen molar-refractivity contribution < 1.29 is 10.0 Å². The lowest BCUT2D eigenvalue weighted by Gasteiger charge is -2.21. The summed E-state index contributed by atoms with van der Waals surface area (Å²) in [5.41, 5.74) is 1.75. The van der Waals surface area contributed by atoms with Crippen molar-refractivity contribution >= 4 is 12.6 Å². The quantitative estimate of drug-likeness (QED) is 0.821. The Hall–Kier alpha value is -0.835. The van der Waals surface area contributed by atoms with Crippen molar-refractivity contribution in [1.82, 2.24) is 4.90 Å². The van der Waals surface area contributed by atoms with Gasteiger partial charge in [-0.1, -0.05) is 38.1 Å². The van der Waals surface area contributed by atoms with Crippen LogP contribution in [-0.4, -0.2) is 35.2 Å². The van der Waals surface area contributed by atoms with E-state index in [1.54, 1.807) is 6.07 Å². The van der Waals surface area contributed by atoms with E-state index in [4.69, 9.17) is 0 Å². The van der Waals surface area contributed by atoms with Gasteiger partial charge in [0.05, 0.1) is 0 Å². The van der Waals surface area contributed by atoms with E-state index in [9.17, 15) is 10.0 Å². The molecule has 0 spiro atoms. The van der Waals surface area contributed by atoms with Gasteiger partial charge in [-0.3, -0.25) is 4.90 Å². The topological polar surface area (TPSA) is 43.7 Å². The Labute approximate surface area is 122 Å². The van der Waals surface area contributed by atoms with Crippen LogP contribution in [0.25, 0.3) is 0 Å². The summed E-state index contributed by atoms with van der Waals surface area (Å²) in [4.78, 5) is 2.49. The molecule has 0 bridgehead atoms. The van der Waals surface area contributed by atoms with Crippen LogP contribution in [-0.2, 0) is 6.54 Å². The molecule has 0 radical (unpaired) electrons. The first-order valence-electron chi connectivity index (χ1n) is 7.73. The standard InChI is InChI=1S/C16H26BNO2/c1-13(2)15-6-4-9-18(10-8-15)12-14-5-3-7-16(11-14)17(19)20/h3,5,7,11,13,15,19-20H,4,6,8-10,12H2,1-2H3. The predicted molar refractivity (Wildman–Crippen MR) is 83.7 cm³/mol. The highest BCUT2D eigenvalue weighted by molar-refractivity contribution is 6.58. The van der Waals surface area contributed by atoms with E-state index in [1.165, 1.54) is 24.8 Å². The van der Waals surface area contributed by atoms with Crippen LogP contribution in [0.5, 0.6) is 0 Å².